The molecule has 2 aromatic rings. The molecule has 3 rings (SSSR count). The topological polar surface area (TPSA) is 31.2 Å². The van der Waals surface area contributed by atoms with E-state index in [1.807, 2.05) is 42.0 Å². The fourth-order valence-electron chi connectivity index (χ4n) is 3.03. The van der Waals surface area contributed by atoms with Gasteiger partial charge in [-0.05, 0) is 56.9 Å². The first-order chi connectivity index (χ1) is 10.1. The Balaban J connectivity index is 1.76. The molecule has 1 atom stereocenters. The van der Waals surface area contributed by atoms with Gasteiger partial charge in [0.1, 0.15) is 12.1 Å². The van der Waals surface area contributed by atoms with Crippen molar-refractivity contribution in [1.82, 2.24) is 4.57 Å². The number of fused-ring (bicyclic) bond motifs is 1. The Bertz CT molecular complexity index is 643. The molecule has 21 heavy (non-hydrogen) atoms. The molecule has 1 aromatic heterocycles. The molecule has 0 bridgehead atoms. The summed E-state index contributed by atoms with van der Waals surface area (Å²) in [5, 5.41) is 1.75. The molecule has 0 radical (unpaired) electrons. The van der Waals surface area contributed by atoms with Crippen molar-refractivity contribution >= 4 is 28.5 Å². The number of hydrogen-bond donors (Lipinski definition) is 0. The smallest absolute Gasteiger partial charge is 0.329 e. The van der Waals surface area contributed by atoms with Crippen LogP contribution in [0.2, 0.25) is 5.02 Å². The number of nitrogens with zero attached hydrogens (tertiary/aromatic N) is 1. The van der Waals surface area contributed by atoms with Crippen LogP contribution < -0.4 is 0 Å². The molecule has 0 N–H and O–H groups in total. The van der Waals surface area contributed by atoms with Crippen LogP contribution in [0.1, 0.15) is 45.1 Å². The summed E-state index contributed by atoms with van der Waals surface area (Å²) in [6, 6.07) is 7.37. The SMILES string of the molecule is CC(C(=O)OC1CCCCC1)n1ccc2cc(Cl)ccc21. The maximum atomic E-state index is 12.4. The van der Waals surface area contributed by atoms with Gasteiger partial charge >= 0.3 is 5.97 Å². The highest BCUT2D eigenvalue weighted by atomic mass is 35.5. The van der Waals surface area contributed by atoms with E-state index < -0.39 is 0 Å². The number of carbonyl (C=O) groups excluding carboxylic acids is 1. The van der Waals surface area contributed by atoms with Gasteiger partial charge in [-0.15, -0.1) is 0 Å². The Morgan fingerprint density at radius 2 is 2.05 bits per heavy atom. The number of halogens is 1. The lowest BCUT2D eigenvalue weighted by Gasteiger charge is -2.24. The standard InChI is InChI=1S/C17H20ClNO2/c1-12(17(20)21-15-5-3-2-4-6-15)19-10-9-13-11-14(18)7-8-16(13)19/h7-12,15H,2-6H2,1H3. The molecule has 1 aliphatic rings. The summed E-state index contributed by atoms with van der Waals surface area (Å²) in [5.74, 6) is -0.144. The summed E-state index contributed by atoms with van der Waals surface area (Å²) in [4.78, 5) is 12.4. The number of benzene rings is 1. The Kier molecular flexibility index (Phi) is 4.20. The van der Waals surface area contributed by atoms with Crippen molar-refractivity contribution in [1.29, 1.82) is 0 Å². The van der Waals surface area contributed by atoms with Crippen LogP contribution in [0.5, 0.6) is 0 Å². The molecule has 1 unspecified atom stereocenters. The molecular weight excluding hydrogens is 286 g/mol. The zero-order valence-electron chi connectivity index (χ0n) is 12.2. The van der Waals surface area contributed by atoms with Gasteiger partial charge in [-0.1, -0.05) is 18.0 Å². The third kappa shape index (κ3) is 3.08. The molecule has 0 saturated heterocycles. The van der Waals surface area contributed by atoms with Gasteiger partial charge in [-0.25, -0.2) is 4.79 Å². The van der Waals surface area contributed by atoms with Crippen LogP contribution in [-0.2, 0) is 9.53 Å². The first kappa shape index (κ1) is 14.5. The van der Waals surface area contributed by atoms with Crippen LogP contribution in [0.4, 0.5) is 0 Å². The summed E-state index contributed by atoms with van der Waals surface area (Å²) in [7, 11) is 0. The largest absolute Gasteiger partial charge is 0.461 e. The molecule has 0 amide bonds. The van der Waals surface area contributed by atoms with Crippen molar-refractivity contribution in [2.75, 3.05) is 0 Å². The summed E-state index contributed by atoms with van der Waals surface area (Å²) in [5.41, 5.74) is 1.01. The number of ether oxygens (including phenoxy) is 1. The minimum atomic E-state index is -0.314. The van der Waals surface area contributed by atoms with Crippen LogP contribution in [0.25, 0.3) is 10.9 Å². The molecule has 0 spiro atoms. The van der Waals surface area contributed by atoms with Gasteiger partial charge in [0.2, 0.25) is 0 Å². The van der Waals surface area contributed by atoms with Crippen LogP contribution >= 0.6 is 11.6 Å². The molecule has 1 aliphatic carbocycles. The summed E-state index contributed by atoms with van der Waals surface area (Å²) in [6.07, 6.45) is 7.61. The average Bonchev–Trinajstić information content (AvgIpc) is 2.90. The van der Waals surface area contributed by atoms with Crippen LogP contribution in [0, 0.1) is 0 Å². The molecule has 1 aromatic carbocycles. The number of hydrogen-bond acceptors (Lipinski definition) is 2. The summed E-state index contributed by atoms with van der Waals surface area (Å²) in [6.45, 7) is 1.89. The van der Waals surface area contributed by atoms with E-state index in [9.17, 15) is 4.79 Å². The Labute approximate surface area is 129 Å². The molecule has 0 aliphatic heterocycles. The number of rotatable bonds is 3. The summed E-state index contributed by atoms with van der Waals surface area (Å²) < 4.78 is 7.62. The quantitative estimate of drug-likeness (QED) is 0.768. The van der Waals surface area contributed by atoms with E-state index in [4.69, 9.17) is 16.3 Å². The highest BCUT2D eigenvalue weighted by Gasteiger charge is 2.23. The fourth-order valence-corrected chi connectivity index (χ4v) is 3.21. The van der Waals surface area contributed by atoms with Crippen molar-refractivity contribution in [3.05, 3.63) is 35.5 Å². The van der Waals surface area contributed by atoms with Crippen molar-refractivity contribution in [3.63, 3.8) is 0 Å². The molecule has 3 nitrogen and oxygen atoms in total. The first-order valence-corrected chi connectivity index (χ1v) is 7.99. The van der Waals surface area contributed by atoms with Gasteiger partial charge in [-0.2, -0.15) is 0 Å². The second-order valence-electron chi connectivity index (χ2n) is 5.80. The van der Waals surface area contributed by atoms with E-state index in [2.05, 4.69) is 0 Å². The van der Waals surface area contributed by atoms with E-state index in [0.717, 1.165) is 36.6 Å². The van der Waals surface area contributed by atoms with E-state index in [-0.39, 0.29) is 18.1 Å². The third-order valence-electron chi connectivity index (χ3n) is 4.28. The maximum absolute atomic E-state index is 12.4. The maximum Gasteiger partial charge on any atom is 0.329 e. The Hall–Kier alpha value is -1.48. The fraction of sp³-hybridized carbons (Fsp3) is 0.471. The van der Waals surface area contributed by atoms with E-state index >= 15 is 0 Å². The predicted molar refractivity (Wildman–Crippen MR) is 84.6 cm³/mol. The minimum Gasteiger partial charge on any atom is -0.461 e. The summed E-state index contributed by atoms with van der Waals surface area (Å²) >= 11 is 6.00. The lowest BCUT2D eigenvalue weighted by Crippen LogP contribution is -2.26. The highest BCUT2D eigenvalue weighted by molar-refractivity contribution is 6.31. The number of esters is 1. The van der Waals surface area contributed by atoms with Gasteiger partial charge in [0, 0.05) is 22.1 Å². The van der Waals surface area contributed by atoms with Crippen LogP contribution in [0.15, 0.2) is 30.5 Å². The average molecular weight is 306 g/mol. The monoisotopic (exact) mass is 305 g/mol. The van der Waals surface area contributed by atoms with Crippen molar-refractivity contribution in [3.8, 4) is 0 Å². The Morgan fingerprint density at radius 3 is 2.81 bits per heavy atom. The molecule has 1 fully saturated rings. The van der Waals surface area contributed by atoms with Crippen molar-refractivity contribution < 1.29 is 9.53 Å². The molecular formula is C17H20ClNO2. The van der Waals surface area contributed by atoms with Gasteiger partial charge < -0.3 is 9.30 Å². The van der Waals surface area contributed by atoms with Gasteiger partial charge in [-0.3, -0.25) is 0 Å². The minimum absolute atomic E-state index is 0.102. The van der Waals surface area contributed by atoms with E-state index in [1.165, 1.54) is 6.42 Å². The second-order valence-corrected chi connectivity index (χ2v) is 6.24. The van der Waals surface area contributed by atoms with E-state index in [1.54, 1.807) is 0 Å². The van der Waals surface area contributed by atoms with Crippen molar-refractivity contribution in [2.24, 2.45) is 0 Å². The normalized spacial score (nSPS) is 17.8. The molecule has 4 heteroatoms. The van der Waals surface area contributed by atoms with Crippen molar-refractivity contribution in [2.45, 2.75) is 51.2 Å². The molecule has 1 heterocycles. The predicted octanol–water partition coefficient (Wildman–Crippen LogP) is 4.73. The van der Waals surface area contributed by atoms with Gasteiger partial charge in [0.15, 0.2) is 0 Å². The third-order valence-corrected chi connectivity index (χ3v) is 4.51. The first-order valence-electron chi connectivity index (χ1n) is 7.62. The van der Waals surface area contributed by atoms with E-state index in [0.29, 0.717) is 5.02 Å². The number of aromatic nitrogens is 1. The Morgan fingerprint density at radius 1 is 1.29 bits per heavy atom. The van der Waals surface area contributed by atoms with Gasteiger partial charge in [0.25, 0.3) is 0 Å². The van der Waals surface area contributed by atoms with Crippen LogP contribution in [-0.4, -0.2) is 16.6 Å². The lowest BCUT2D eigenvalue weighted by molar-refractivity contribution is -0.153. The highest BCUT2D eigenvalue weighted by Crippen LogP contribution is 2.26. The number of carbonyl (C=O) groups is 1. The second kappa shape index (κ2) is 6.10. The van der Waals surface area contributed by atoms with Gasteiger partial charge in [0.05, 0.1) is 0 Å². The molecule has 1 saturated carbocycles. The zero-order chi connectivity index (χ0) is 14.8. The van der Waals surface area contributed by atoms with Crippen LogP contribution in [0.3, 0.4) is 0 Å². The lowest BCUT2D eigenvalue weighted by atomic mass is 9.98. The zero-order valence-corrected chi connectivity index (χ0v) is 13.0. The molecule has 112 valence electrons.